The number of aryl methyl sites for hydroxylation is 3. The first-order valence-electron chi connectivity index (χ1n) is 9.88. The molecule has 0 aliphatic carbocycles. The molecule has 4 heteroatoms. The summed E-state index contributed by atoms with van der Waals surface area (Å²) in [6.07, 6.45) is 2.74. The van der Waals surface area contributed by atoms with Crippen LogP contribution in [0.4, 0.5) is 4.79 Å². The minimum Gasteiger partial charge on any atom is -0.445 e. The Balaban J connectivity index is 1.55. The highest BCUT2D eigenvalue weighted by molar-refractivity contribution is 5.77. The largest absolute Gasteiger partial charge is 0.445 e. The van der Waals surface area contributed by atoms with E-state index in [2.05, 4.69) is 39.0 Å². The van der Waals surface area contributed by atoms with Crippen LogP contribution in [-0.4, -0.2) is 36.3 Å². The van der Waals surface area contributed by atoms with Gasteiger partial charge in [-0.1, -0.05) is 54.1 Å². The van der Waals surface area contributed by atoms with Crippen molar-refractivity contribution < 1.29 is 14.3 Å². The van der Waals surface area contributed by atoms with Crippen LogP contribution in [-0.2, 0) is 16.1 Å². The van der Waals surface area contributed by atoms with E-state index in [1.807, 2.05) is 35.2 Å². The van der Waals surface area contributed by atoms with E-state index in [0.29, 0.717) is 19.8 Å². The van der Waals surface area contributed by atoms with Gasteiger partial charge in [-0.15, -0.1) is 0 Å². The quantitative estimate of drug-likeness (QED) is 0.771. The average molecular weight is 377 g/mol. The summed E-state index contributed by atoms with van der Waals surface area (Å²) in [5.41, 5.74) is 7.51. The first-order valence-corrected chi connectivity index (χ1v) is 9.88. The molecule has 2 aliphatic rings. The van der Waals surface area contributed by atoms with Gasteiger partial charge in [0.2, 0.25) is 0 Å². The molecule has 4 nitrogen and oxygen atoms in total. The summed E-state index contributed by atoms with van der Waals surface area (Å²) in [7, 11) is 0. The predicted molar refractivity (Wildman–Crippen MR) is 110 cm³/mol. The van der Waals surface area contributed by atoms with Gasteiger partial charge in [-0.3, -0.25) is 4.90 Å². The van der Waals surface area contributed by atoms with Gasteiger partial charge in [0.25, 0.3) is 0 Å². The van der Waals surface area contributed by atoms with Crippen LogP contribution in [0.15, 0.2) is 48.5 Å². The smallest absolute Gasteiger partial charge is 0.411 e. The molecule has 2 aromatic rings. The molecule has 2 heterocycles. The van der Waals surface area contributed by atoms with Gasteiger partial charge in [0.15, 0.2) is 0 Å². The third-order valence-electron chi connectivity index (χ3n) is 5.61. The average Bonchev–Trinajstić information content (AvgIpc) is 2.65. The zero-order valence-corrected chi connectivity index (χ0v) is 16.8. The molecule has 1 fully saturated rings. The fourth-order valence-electron chi connectivity index (χ4n) is 4.55. The van der Waals surface area contributed by atoms with E-state index < -0.39 is 0 Å². The minimum atomic E-state index is -0.255. The number of fused-ring (bicyclic) bond motifs is 2. The maximum atomic E-state index is 12.8. The number of morpholine rings is 1. The van der Waals surface area contributed by atoms with E-state index in [0.717, 1.165) is 12.0 Å². The summed E-state index contributed by atoms with van der Waals surface area (Å²) in [5.74, 6) is 0. The Morgan fingerprint density at radius 2 is 1.82 bits per heavy atom. The summed E-state index contributed by atoms with van der Waals surface area (Å²) in [5, 5.41) is 0. The number of benzene rings is 2. The third kappa shape index (κ3) is 3.69. The number of nitrogens with zero attached hydrogens (tertiary/aromatic N) is 1. The molecule has 1 saturated heterocycles. The van der Waals surface area contributed by atoms with Gasteiger partial charge in [0.05, 0.1) is 25.3 Å². The molecule has 0 radical (unpaired) electrons. The molecule has 4 rings (SSSR count). The van der Waals surface area contributed by atoms with E-state index in [-0.39, 0.29) is 18.2 Å². The van der Waals surface area contributed by atoms with Crippen LogP contribution in [0, 0.1) is 20.8 Å². The summed E-state index contributed by atoms with van der Waals surface area (Å²) in [6, 6.07) is 14.2. The van der Waals surface area contributed by atoms with Gasteiger partial charge in [-0.2, -0.15) is 0 Å². The zero-order valence-electron chi connectivity index (χ0n) is 16.8. The van der Waals surface area contributed by atoms with Crippen LogP contribution in [0.2, 0.25) is 0 Å². The van der Waals surface area contributed by atoms with Gasteiger partial charge in [0.1, 0.15) is 6.61 Å². The molecule has 2 atom stereocenters. The second-order valence-corrected chi connectivity index (χ2v) is 7.88. The lowest BCUT2D eigenvalue weighted by Crippen LogP contribution is -2.56. The second kappa shape index (κ2) is 7.80. The standard InChI is InChI=1S/C24H27NO3/c1-16-9-17(2)23(18(3)10-16)20-11-21-14-27-15-22(12-20)25(21)24(26)28-13-19-7-5-4-6-8-19/h4-11,21-22H,12-15H2,1-3H3. The second-order valence-electron chi connectivity index (χ2n) is 7.88. The Bertz CT molecular complexity index is 880. The molecule has 2 aromatic carbocycles. The van der Waals surface area contributed by atoms with Crippen LogP contribution in [0.25, 0.3) is 5.57 Å². The highest BCUT2D eigenvalue weighted by atomic mass is 16.6. The van der Waals surface area contributed by atoms with Crippen molar-refractivity contribution in [1.29, 1.82) is 0 Å². The molecule has 0 N–H and O–H groups in total. The Morgan fingerprint density at radius 1 is 1.11 bits per heavy atom. The van der Waals surface area contributed by atoms with Crippen molar-refractivity contribution in [2.45, 2.75) is 45.9 Å². The first-order chi connectivity index (χ1) is 13.5. The number of rotatable bonds is 3. The van der Waals surface area contributed by atoms with Crippen LogP contribution in [0.1, 0.15) is 34.2 Å². The first kappa shape index (κ1) is 18.8. The summed E-state index contributed by atoms with van der Waals surface area (Å²) < 4.78 is 11.4. The normalized spacial score (nSPS) is 21.2. The Morgan fingerprint density at radius 3 is 2.50 bits per heavy atom. The van der Waals surface area contributed by atoms with Gasteiger partial charge < -0.3 is 9.47 Å². The Hall–Kier alpha value is -2.59. The van der Waals surface area contributed by atoms with Crippen molar-refractivity contribution in [3.63, 3.8) is 0 Å². The number of ether oxygens (including phenoxy) is 2. The van der Waals surface area contributed by atoms with Crippen LogP contribution >= 0.6 is 0 Å². The van der Waals surface area contributed by atoms with E-state index in [1.54, 1.807) is 0 Å². The predicted octanol–water partition coefficient (Wildman–Crippen LogP) is 4.81. The van der Waals surface area contributed by atoms with Crippen molar-refractivity contribution in [3.05, 3.63) is 76.4 Å². The molecule has 0 spiro atoms. The van der Waals surface area contributed by atoms with E-state index in [9.17, 15) is 4.79 Å². The number of amides is 1. The fraction of sp³-hybridized carbons (Fsp3) is 0.375. The molecular weight excluding hydrogens is 350 g/mol. The molecule has 0 aromatic heterocycles. The van der Waals surface area contributed by atoms with Gasteiger partial charge in [0, 0.05) is 0 Å². The van der Waals surface area contributed by atoms with E-state index in [1.165, 1.54) is 27.8 Å². The van der Waals surface area contributed by atoms with Gasteiger partial charge in [-0.05, 0) is 55.0 Å². The Labute approximate surface area is 166 Å². The lowest BCUT2D eigenvalue weighted by Gasteiger charge is -2.44. The lowest BCUT2D eigenvalue weighted by molar-refractivity contribution is -0.0342. The monoisotopic (exact) mass is 377 g/mol. The number of hydrogen-bond donors (Lipinski definition) is 0. The number of hydrogen-bond acceptors (Lipinski definition) is 3. The summed E-state index contributed by atoms with van der Waals surface area (Å²) >= 11 is 0. The van der Waals surface area contributed by atoms with Gasteiger partial charge in [-0.25, -0.2) is 4.79 Å². The van der Waals surface area contributed by atoms with Crippen molar-refractivity contribution in [1.82, 2.24) is 4.90 Å². The highest BCUT2D eigenvalue weighted by Crippen LogP contribution is 2.36. The van der Waals surface area contributed by atoms with E-state index >= 15 is 0 Å². The van der Waals surface area contributed by atoms with Crippen molar-refractivity contribution in [2.75, 3.05) is 13.2 Å². The maximum Gasteiger partial charge on any atom is 0.411 e. The molecule has 2 bridgehead atoms. The number of carbonyl (C=O) groups excluding carboxylic acids is 1. The van der Waals surface area contributed by atoms with Gasteiger partial charge >= 0.3 is 6.09 Å². The Kier molecular flexibility index (Phi) is 5.23. The highest BCUT2D eigenvalue weighted by Gasteiger charge is 2.39. The van der Waals surface area contributed by atoms with Crippen LogP contribution < -0.4 is 0 Å². The SMILES string of the molecule is Cc1cc(C)c(C2=CC3COCC(C2)N3C(=O)OCc2ccccc2)c(C)c1. The lowest BCUT2D eigenvalue weighted by atomic mass is 9.85. The molecule has 0 saturated carbocycles. The summed E-state index contributed by atoms with van der Waals surface area (Å²) in [6.45, 7) is 7.84. The molecule has 146 valence electrons. The van der Waals surface area contributed by atoms with Crippen molar-refractivity contribution in [2.24, 2.45) is 0 Å². The maximum absolute atomic E-state index is 12.8. The fourth-order valence-corrected chi connectivity index (χ4v) is 4.55. The number of carbonyl (C=O) groups is 1. The van der Waals surface area contributed by atoms with Crippen LogP contribution in [0.5, 0.6) is 0 Å². The van der Waals surface area contributed by atoms with Crippen molar-refractivity contribution in [3.8, 4) is 0 Å². The van der Waals surface area contributed by atoms with Crippen molar-refractivity contribution >= 4 is 11.7 Å². The molecule has 2 aliphatic heterocycles. The molecule has 28 heavy (non-hydrogen) atoms. The zero-order chi connectivity index (χ0) is 19.7. The minimum absolute atomic E-state index is 0.0159. The molecule has 2 unspecified atom stereocenters. The third-order valence-corrected chi connectivity index (χ3v) is 5.61. The van der Waals surface area contributed by atoms with Crippen LogP contribution in [0.3, 0.4) is 0 Å². The molecule has 1 amide bonds. The molecular formula is C24H27NO3. The van der Waals surface area contributed by atoms with E-state index in [4.69, 9.17) is 9.47 Å². The topological polar surface area (TPSA) is 38.8 Å². The summed E-state index contributed by atoms with van der Waals surface area (Å²) in [4.78, 5) is 14.7.